The van der Waals surface area contributed by atoms with Gasteiger partial charge in [0.05, 0.1) is 0 Å². The summed E-state index contributed by atoms with van der Waals surface area (Å²) in [6, 6.07) is 63.4. The van der Waals surface area contributed by atoms with Crippen LogP contribution in [0.15, 0.2) is 206 Å². The summed E-state index contributed by atoms with van der Waals surface area (Å²) in [7, 11) is 0. The van der Waals surface area contributed by atoms with Crippen molar-refractivity contribution in [2.24, 2.45) is 0 Å². The molecule has 0 bridgehead atoms. The lowest BCUT2D eigenvalue weighted by Gasteiger charge is -2.30. The first-order valence-corrected chi connectivity index (χ1v) is 22.7. The number of hydrogen-bond donors (Lipinski definition) is 0. The summed E-state index contributed by atoms with van der Waals surface area (Å²) in [4.78, 5) is 2.49. The van der Waals surface area contributed by atoms with Crippen molar-refractivity contribution in [2.75, 3.05) is 4.90 Å². The van der Waals surface area contributed by atoms with Crippen molar-refractivity contribution < 1.29 is 0 Å². The van der Waals surface area contributed by atoms with Gasteiger partial charge in [-0.15, -0.1) is 0 Å². The van der Waals surface area contributed by atoms with Crippen LogP contribution in [0, 0.1) is 13.8 Å². The quantitative estimate of drug-likeness (QED) is 0.138. The molecule has 0 heterocycles. The number of benzene rings is 8. The number of aryl methyl sites for hydroxylation is 2. The van der Waals surface area contributed by atoms with E-state index in [-0.39, 0.29) is 5.41 Å². The summed E-state index contributed by atoms with van der Waals surface area (Å²) in [5.74, 6) is 0. The maximum absolute atomic E-state index is 3.55. The zero-order valence-corrected chi connectivity index (χ0v) is 38.1. The lowest BCUT2D eigenvalue weighted by atomic mass is 9.81. The Kier molecular flexibility index (Phi) is 11.8. The van der Waals surface area contributed by atoms with Crippen molar-refractivity contribution in [3.63, 3.8) is 0 Å². The van der Waals surface area contributed by atoms with Gasteiger partial charge in [0.1, 0.15) is 0 Å². The Morgan fingerprint density at radius 3 is 1.94 bits per heavy atom. The Labute approximate surface area is 380 Å². The van der Waals surface area contributed by atoms with Crippen LogP contribution in [0.25, 0.3) is 67.1 Å². The van der Waals surface area contributed by atoms with Crippen LogP contribution in [0.2, 0.25) is 0 Å². The topological polar surface area (TPSA) is 3.24 Å². The Morgan fingerprint density at radius 1 is 0.594 bits per heavy atom. The standard InChI is InChI=1S/C55H45N.C8H12/c1-36-20-23-42(34-50(36)54-37(2)21-22-41-13-6-8-16-47(41)54)38-24-29-44(30-25-38)56(53-19-11-14-40-12-5-7-15-46(40)53)45-31-26-39(27-32-45)43-28-33-49-48-17-9-10-18-51(48)55(3,4)52(49)35-43;1-4-6-7-8(3)5-2/h5-10,12-18,20-35H,11,19H2,1-4H3;4-7H,1H2,2-3H3/b;7-6-,8-5-. The number of hydrogen-bond acceptors (Lipinski definition) is 1. The molecule has 0 aromatic heterocycles. The number of rotatable bonds is 8. The molecule has 0 atom stereocenters. The maximum Gasteiger partial charge on any atom is 0.0459 e. The molecule has 2 aliphatic carbocycles. The van der Waals surface area contributed by atoms with E-state index in [2.05, 4.69) is 228 Å². The lowest BCUT2D eigenvalue weighted by Crippen LogP contribution is -2.34. The molecule has 314 valence electrons. The first-order valence-electron chi connectivity index (χ1n) is 22.7. The highest BCUT2D eigenvalue weighted by atomic mass is 15.1. The molecule has 0 radical (unpaired) electrons. The van der Waals surface area contributed by atoms with Crippen molar-refractivity contribution in [1.29, 1.82) is 0 Å². The summed E-state index contributed by atoms with van der Waals surface area (Å²) >= 11 is 0. The molecule has 0 saturated carbocycles. The molecule has 1 nitrogen and oxygen atoms in total. The molecule has 0 saturated heterocycles. The van der Waals surface area contributed by atoms with Crippen LogP contribution in [0.5, 0.6) is 0 Å². The largest absolute Gasteiger partial charge is 0.314 e. The average Bonchev–Trinajstić information content (AvgIpc) is 3.57. The molecule has 10 rings (SSSR count). The number of allylic oxidation sites excluding steroid dienone is 5. The molecule has 0 spiro atoms. The molecule has 2 aliphatic rings. The summed E-state index contributed by atoms with van der Waals surface area (Å²) in [6.45, 7) is 16.8. The number of fused-ring (bicyclic) bond motifs is 5. The van der Waals surface area contributed by atoms with Crippen LogP contribution in [0.1, 0.15) is 62.8 Å². The second-order valence-corrected chi connectivity index (χ2v) is 17.8. The summed E-state index contributed by atoms with van der Waals surface area (Å²) in [5, 5.41) is 5.19. The Bertz CT molecular complexity index is 3230. The molecule has 0 fully saturated rings. The Morgan fingerprint density at radius 2 is 1.20 bits per heavy atom. The minimum atomic E-state index is -0.0259. The maximum atomic E-state index is 3.55. The van der Waals surface area contributed by atoms with Gasteiger partial charge in [0.15, 0.2) is 0 Å². The third-order valence-electron chi connectivity index (χ3n) is 13.4. The Balaban J connectivity index is 0.000000594. The molecule has 64 heavy (non-hydrogen) atoms. The highest BCUT2D eigenvalue weighted by Gasteiger charge is 2.35. The first-order chi connectivity index (χ1) is 31.2. The third kappa shape index (κ3) is 7.99. The second-order valence-electron chi connectivity index (χ2n) is 17.8. The van der Waals surface area contributed by atoms with Gasteiger partial charge in [0, 0.05) is 27.7 Å². The van der Waals surface area contributed by atoms with E-state index >= 15 is 0 Å². The van der Waals surface area contributed by atoms with E-state index in [9.17, 15) is 0 Å². The summed E-state index contributed by atoms with van der Waals surface area (Å²) < 4.78 is 0. The zero-order valence-electron chi connectivity index (χ0n) is 38.1. The fourth-order valence-electron chi connectivity index (χ4n) is 9.74. The van der Waals surface area contributed by atoms with E-state index in [1.165, 1.54) is 111 Å². The molecule has 0 unspecified atom stereocenters. The van der Waals surface area contributed by atoms with Gasteiger partial charge in [-0.25, -0.2) is 0 Å². The molecular weight excluding hydrogens is 771 g/mol. The van der Waals surface area contributed by atoms with Crippen molar-refractivity contribution in [2.45, 2.75) is 59.8 Å². The Hall–Kier alpha value is -7.22. The van der Waals surface area contributed by atoms with Crippen LogP contribution >= 0.6 is 0 Å². The number of nitrogens with zero attached hydrogens (tertiary/aromatic N) is 1. The normalized spacial score (nSPS) is 13.7. The minimum absolute atomic E-state index is 0.0259. The van der Waals surface area contributed by atoms with Gasteiger partial charge >= 0.3 is 0 Å². The SMILES string of the molecule is C=C/C=C\C(C)=C/C.Cc1ccc(-c2ccc(N(C3=c4ccccc4=CCC3)c3ccc(-c4ccc5c(c4)C(C)(C)c4ccccc4-5)cc3)cc2)cc1-c1c(C)ccc2ccccc12. The summed E-state index contributed by atoms with van der Waals surface area (Å²) in [6.07, 6.45) is 12.2. The fraction of sp³-hybridized carbons (Fsp3) is 0.143. The van der Waals surface area contributed by atoms with Crippen molar-refractivity contribution in [1.82, 2.24) is 0 Å². The molecule has 0 aliphatic heterocycles. The third-order valence-corrected chi connectivity index (χ3v) is 13.4. The van der Waals surface area contributed by atoms with Crippen molar-refractivity contribution in [3.8, 4) is 44.5 Å². The highest BCUT2D eigenvalue weighted by molar-refractivity contribution is 5.99. The van der Waals surface area contributed by atoms with E-state index in [1.807, 2.05) is 19.1 Å². The van der Waals surface area contributed by atoms with Crippen LogP contribution in [-0.4, -0.2) is 0 Å². The predicted octanol–water partition coefficient (Wildman–Crippen LogP) is 16.0. The van der Waals surface area contributed by atoms with E-state index in [0.717, 1.165) is 12.8 Å². The van der Waals surface area contributed by atoms with Crippen LogP contribution in [0.3, 0.4) is 0 Å². The second kappa shape index (κ2) is 17.9. The van der Waals surface area contributed by atoms with Crippen LogP contribution in [-0.2, 0) is 5.41 Å². The molecule has 0 amide bonds. The van der Waals surface area contributed by atoms with E-state index < -0.39 is 0 Å². The van der Waals surface area contributed by atoms with Gasteiger partial charge in [-0.3, -0.25) is 0 Å². The first kappa shape index (κ1) is 42.1. The highest BCUT2D eigenvalue weighted by Crippen LogP contribution is 2.49. The molecule has 8 aromatic rings. The van der Waals surface area contributed by atoms with Gasteiger partial charge in [-0.2, -0.15) is 0 Å². The molecule has 1 heteroatoms. The van der Waals surface area contributed by atoms with Crippen molar-refractivity contribution >= 4 is 33.9 Å². The van der Waals surface area contributed by atoms with Gasteiger partial charge < -0.3 is 4.90 Å². The molecular formula is C63H57N. The van der Waals surface area contributed by atoms with Gasteiger partial charge in [-0.1, -0.05) is 190 Å². The van der Waals surface area contributed by atoms with Crippen LogP contribution < -0.4 is 15.3 Å². The zero-order chi connectivity index (χ0) is 44.4. The van der Waals surface area contributed by atoms with Crippen molar-refractivity contribution in [3.05, 3.63) is 239 Å². The number of anilines is 2. The minimum Gasteiger partial charge on any atom is -0.314 e. The molecule has 8 aromatic carbocycles. The monoisotopic (exact) mass is 827 g/mol. The van der Waals surface area contributed by atoms with E-state index in [0.29, 0.717) is 0 Å². The lowest BCUT2D eigenvalue weighted by molar-refractivity contribution is 0.660. The predicted molar refractivity (Wildman–Crippen MR) is 277 cm³/mol. The average molecular weight is 828 g/mol. The fourth-order valence-corrected chi connectivity index (χ4v) is 9.74. The van der Waals surface area contributed by atoms with E-state index in [4.69, 9.17) is 0 Å². The summed E-state index contributed by atoms with van der Waals surface area (Å²) in [5.41, 5.74) is 20.6. The van der Waals surface area contributed by atoms with Gasteiger partial charge in [-0.05, 0) is 160 Å². The smallest absolute Gasteiger partial charge is 0.0459 e. The van der Waals surface area contributed by atoms with E-state index in [1.54, 1.807) is 6.08 Å². The van der Waals surface area contributed by atoms with Gasteiger partial charge in [0.2, 0.25) is 0 Å². The molecule has 0 N–H and O–H groups in total. The van der Waals surface area contributed by atoms with Crippen LogP contribution in [0.4, 0.5) is 11.4 Å². The van der Waals surface area contributed by atoms with Gasteiger partial charge in [0.25, 0.3) is 0 Å².